The first-order chi connectivity index (χ1) is 9.62. The first kappa shape index (κ1) is 12.3. The Kier molecular flexibility index (Phi) is 2.72. The van der Waals surface area contributed by atoms with Gasteiger partial charge < -0.3 is 0 Å². The molecule has 3 aromatic rings. The van der Waals surface area contributed by atoms with Gasteiger partial charge in [-0.1, -0.05) is 6.07 Å². The zero-order valence-corrected chi connectivity index (χ0v) is 11.3. The normalized spacial score (nSPS) is 11.4. The standard InChI is InChI=1S/C15H13N5/c1-15(2,9-16)13-5-3-4-12(19-13)10-6-7-17-14-11(10)8-18-20-14/h3-8H,1-2H3,(H,17,18,20). The van der Waals surface area contributed by atoms with Gasteiger partial charge in [0.15, 0.2) is 5.65 Å². The number of nitriles is 1. The molecular formula is C15H13N5. The Bertz CT molecular complexity index is 810. The van der Waals surface area contributed by atoms with Gasteiger partial charge in [0, 0.05) is 17.1 Å². The third-order valence-electron chi connectivity index (χ3n) is 3.30. The molecule has 98 valence electrons. The van der Waals surface area contributed by atoms with Crippen LogP contribution in [0.4, 0.5) is 0 Å². The van der Waals surface area contributed by atoms with Crippen molar-refractivity contribution >= 4 is 11.0 Å². The largest absolute Gasteiger partial charge is 0.261 e. The van der Waals surface area contributed by atoms with Gasteiger partial charge >= 0.3 is 0 Å². The molecule has 0 radical (unpaired) electrons. The lowest BCUT2D eigenvalue weighted by molar-refractivity contribution is 0.660. The van der Waals surface area contributed by atoms with Crippen molar-refractivity contribution in [2.45, 2.75) is 19.3 Å². The van der Waals surface area contributed by atoms with Crippen molar-refractivity contribution in [2.24, 2.45) is 0 Å². The molecule has 0 saturated carbocycles. The monoisotopic (exact) mass is 263 g/mol. The van der Waals surface area contributed by atoms with Crippen LogP contribution in [0.1, 0.15) is 19.5 Å². The van der Waals surface area contributed by atoms with Crippen molar-refractivity contribution in [1.82, 2.24) is 20.2 Å². The molecule has 0 aliphatic heterocycles. The van der Waals surface area contributed by atoms with Gasteiger partial charge in [-0.25, -0.2) is 4.98 Å². The molecule has 0 fully saturated rings. The van der Waals surface area contributed by atoms with Crippen LogP contribution in [-0.2, 0) is 5.41 Å². The van der Waals surface area contributed by atoms with Crippen molar-refractivity contribution in [3.63, 3.8) is 0 Å². The molecule has 0 saturated heterocycles. The van der Waals surface area contributed by atoms with Gasteiger partial charge in [-0.3, -0.25) is 10.1 Å². The zero-order chi connectivity index (χ0) is 14.2. The molecule has 0 bridgehead atoms. The van der Waals surface area contributed by atoms with Crippen molar-refractivity contribution in [3.8, 4) is 17.3 Å². The van der Waals surface area contributed by atoms with E-state index in [-0.39, 0.29) is 0 Å². The van der Waals surface area contributed by atoms with Crippen LogP contribution in [0.25, 0.3) is 22.3 Å². The molecule has 0 aliphatic rings. The van der Waals surface area contributed by atoms with Crippen molar-refractivity contribution in [2.75, 3.05) is 0 Å². The smallest absolute Gasteiger partial charge is 0.155 e. The fourth-order valence-electron chi connectivity index (χ4n) is 2.06. The molecule has 0 spiro atoms. The first-order valence-electron chi connectivity index (χ1n) is 6.29. The number of H-pyrrole nitrogens is 1. The Hall–Kier alpha value is -2.74. The number of aromatic amines is 1. The summed E-state index contributed by atoms with van der Waals surface area (Å²) < 4.78 is 0. The van der Waals surface area contributed by atoms with Gasteiger partial charge in [0.25, 0.3) is 0 Å². The Balaban J connectivity index is 2.19. The van der Waals surface area contributed by atoms with Crippen LogP contribution < -0.4 is 0 Å². The predicted octanol–water partition coefficient (Wildman–Crippen LogP) is 2.82. The van der Waals surface area contributed by atoms with E-state index in [0.29, 0.717) is 0 Å². The summed E-state index contributed by atoms with van der Waals surface area (Å²) in [5.74, 6) is 0. The molecule has 5 heteroatoms. The maximum Gasteiger partial charge on any atom is 0.155 e. The van der Waals surface area contributed by atoms with E-state index >= 15 is 0 Å². The van der Waals surface area contributed by atoms with Gasteiger partial charge in [-0.2, -0.15) is 10.4 Å². The van der Waals surface area contributed by atoms with E-state index in [1.54, 1.807) is 12.4 Å². The number of nitrogens with zero attached hydrogens (tertiary/aromatic N) is 4. The minimum absolute atomic E-state index is 0.613. The second-order valence-electron chi connectivity index (χ2n) is 5.14. The fraction of sp³-hybridized carbons (Fsp3) is 0.200. The Morgan fingerprint density at radius 1 is 1.25 bits per heavy atom. The zero-order valence-electron chi connectivity index (χ0n) is 11.3. The van der Waals surface area contributed by atoms with Crippen LogP contribution in [-0.4, -0.2) is 20.2 Å². The van der Waals surface area contributed by atoms with E-state index < -0.39 is 5.41 Å². The summed E-state index contributed by atoms with van der Waals surface area (Å²) in [6.45, 7) is 3.72. The van der Waals surface area contributed by atoms with E-state index in [0.717, 1.165) is 28.0 Å². The van der Waals surface area contributed by atoms with Crippen LogP contribution >= 0.6 is 0 Å². The summed E-state index contributed by atoms with van der Waals surface area (Å²) in [6, 6.07) is 9.91. The maximum absolute atomic E-state index is 9.23. The molecule has 3 rings (SSSR count). The molecule has 0 aliphatic carbocycles. The van der Waals surface area contributed by atoms with E-state index in [9.17, 15) is 5.26 Å². The Morgan fingerprint density at radius 3 is 2.90 bits per heavy atom. The van der Waals surface area contributed by atoms with Crippen LogP contribution in [0, 0.1) is 11.3 Å². The fourth-order valence-corrected chi connectivity index (χ4v) is 2.06. The number of fused-ring (bicyclic) bond motifs is 1. The minimum atomic E-state index is -0.613. The van der Waals surface area contributed by atoms with E-state index in [1.807, 2.05) is 38.1 Å². The number of rotatable bonds is 2. The molecule has 3 heterocycles. The summed E-state index contributed by atoms with van der Waals surface area (Å²) in [4.78, 5) is 8.84. The lowest BCUT2D eigenvalue weighted by Gasteiger charge is -2.15. The maximum atomic E-state index is 9.23. The van der Waals surface area contributed by atoms with E-state index in [1.165, 1.54) is 0 Å². The average molecular weight is 263 g/mol. The first-order valence-corrected chi connectivity index (χ1v) is 6.29. The number of hydrogen-bond acceptors (Lipinski definition) is 4. The van der Waals surface area contributed by atoms with Crippen molar-refractivity contribution < 1.29 is 0 Å². The molecule has 0 unspecified atom stereocenters. The number of hydrogen-bond donors (Lipinski definition) is 1. The molecule has 0 atom stereocenters. The van der Waals surface area contributed by atoms with Gasteiger partial charge in [0.2, 0.25) is 0 Å². The third-order valence-corrected chi connectivity index (χ3v) is 3.30. The SMILES string of the molecule is CC(C)(C#N)c1cccc(-c2ccnc3[nH]ncc23)n1. The Morgan fingerprint density at radius 2 is 2.10 bits per heavy atom. The highest BCUT2D eigenvalue weighted by molar-refractivity contribution is 5.90. The quantitative estimate of drug-likeness (QED) is 0.771. The second-order valence-corrected chi connectivity index (χ2v) is 5.14. The van der Waals surface area contributed by atoms with Crippen molar-refractivity contribution in [1.29, 1.82) is 5.26 Å². The molecule has 5 nitrogen and oxygen atoms in total. The van der Waals surface area contributed by atoms with Crippen LogP contribution in [0.5, 0.6) is 0 Å². The summed E-state index contributed by atoms with van der Waals surface area (Å²) in [5.41, 5.74) is 2.65. The second kappa shape index (κ2) is 4.42. The molecule has 20 heavy (non-hydrogen) atoms. The number of nitrogens with one attached hydrogen (secondary N) is 1. The van der Waals surface area contributed by atoms with E-state index in [2.05, 4.69) is 26.2 Å². The van der Waals surface area contributed by atoms with Gasteiger partial charge in [0.05, 0.1) is 29.1 Å². The highest BCUT2D eigenvalue weighted by atomic mass is 15.1. The molecule has 1 N–H and O–H groups in total. The lowest BCUT2D eigenvalue weighted by Crippen LogP contribution is -2.16. The summed E-state index contributed by atoms with van der Waals surface area (Å²) in [7, 11) is 0. The average Bonchev–Trinajstić information content (AvgIpc) is 2.95. The lowest BCUT2D eigenvalue weighted by atomic mass is 9.90. The van der Waals surface area contributed by atoms with Crippen LogP contribution in [0.3, 0.4) is 0 Å². The summed E-state index contributed by atoms with van der Waals surface area (Å²) in [5, 5.41) is 17.0. The highest BCUT2D eigenvalue weighted by Gasteiger charge is 2.22. The van der Waals surface area contributed by atoms with Gasteiger partial charge in [-0.15, -0.1) is 0 Å². The molecule has 3 aromatic heterocycles. The Labute approximate surface area is 116 Å². The molecular weight excluding hydrogens is 250 g/mol. The van der Waals surface area contributed by atoms with Gasteiger partial charge in [-0.05, 0) is 32.0 Å². The summed E-state index contributed by atoms with van der Waals surface area (Å²) >= 11 is 0. The van der Waals surface area contributed by atoms with Crippen molar-refractivity contribution in [3.05, 3.63) is 42.4 Å². The third kappa shape index (κ3) is 1.91. The van der Waals surface area contributed by atoms with Crippen LogP contribution in [0.15, 0.2) is 36.7 Å². The van der Waals surface area contributed by atoms with E-state index in [4.69, 9.17) is 0 Å². The molecule has 0 amide bonds. The highest BCUT2D eigenvalue weighted by Crippen LogP contribution is 2.27. The summed E-state index contributed by atoms with van der Waals surface area (Å²) in [6.07, 6.45) is 3.46. The van der Waals surface area contributed by atoms with Gasteiger partial charge in [0.1, 0.15) is 0 Å². The topological polar surface area (TPSA) is 78.2 Å². The number of pyridine rings is 2. The molecule has 0 aromatic carbocycles. The van der Waals surface area contributed by atoms with Crippen LogP contribution in [0.2, 0.25) is 0 Å². The predicted molar refractivity (Wildman–Crippen MR) is 75.8 cm³/mol. The number of aromatic nitrogens is 4. The minimum Gasteiger partial charge on any atom is -0.261 e.